The number of aromatic nitrogens is 2. The quantitative estimate of drug-likeness (QED) is 0.501. The Kier molecular flexibility index (Phi) is 4.61. The number of non-ortho nitro benzene ring substituents is 1. The van der Waals surface area contributed by atoms with Crippen LogP contribution < -0.4 is 9.64 Å². The molecule has 0 spiro atoms. The van der Waals surface area contributed by atoms with Gasteiger partial charge in [-0.25, -0.2) is 9.97 Å². The molecule has 0 N–H and O–H groups in total. The Morgan fingerprint density at radius 3 is 2.46 bits per heavy atom. The van der Waals surface area contributed by atoms with Gasteiger partial charge in [-0.2, -0.15) is 8.78 Å². The number of benzene rings is 2. The second kappa shape index (κ2) is 6.87. The van der Waals surface area contributed by atoms with Gasteiger partial charge in [0.2, 0.25) is 0 Å². The molecule has 9 heteroatoms. The van der Waals surface area contributed by atoms with E-state index in [1.54, 1.807) is 37.1 Å². The summed E-state index contributed by atoms with van der Waals surface area (Å²) >= 11 is 0. The molecule has 0 bridgehead atoms. The van der Waals surface area contributed by atoms with Crippen molar-refractivity contribution in [3.05, 3.63) is 58.4 Å². The first-order valence-electron chi connectivity index (χ1n) is 7.56. The van der Waals surface area contributed by atoms with E-state index < -0.39 is 11.5 Å². The normalized spacial score (nSPS) is 11.0. The van der Waals surface area contributed by atoms with Crippen molar-refractivity contribution in [2.75, 3.05) is 11.9 Å². The number of hydrogen-bond donors (Lipinski definition) is 0. The van der Waals surface area contributed by atoms with E-state index in [1.165, 1.54) is 24.3 Å². The van der Waals surface area contributed by atoms with Crippen molar-refractivity contribution in [1.82, 2.24) is 9.97 Å². The second-order valence-electron chi connectivity index (χ2n) is 5.48. The van der Waals surface area contributed by atoms with Crippen LogP contribution in [0.25, 0.3) is 10.9 Å². The number of aryl methyl sites for hydroxylation is 1. The largest absolute Gasteiger partial charge is 0.435 e. The third-order valence-electron chi connectivity index (χ3n) is 3.75. The Labute approximate surface area is 147 Å². The van der Waals surface area contributed by atoms with Gasteiger partial charge in [0.25, 0.3) is 5.69 Å². The third kappa shape index (κ3) is 3.51. The lowest BCUT2D eigenvalue weighted by molar-refractivity contribution is -0.384. The van der Waals surface area contributed by atoms with Crippen molar-refractivity contribution in [3.8, 4) is 5.75 Å². The highest BCUT2D eigenvalue weighted by Gasteiger charge is 2.16. The maximum absolute atomic E-state index is 12.3. The molecule has 3 aromatic rings. The lowest BCUT2D eigenvalue weighted by Gasteiger charge is -2.20. The second-order valence-corrected chi connectivity index (χ2v) is 5.48. The van der Waals surface area contributed by atoms with E-state index in [0.29, 0.717) is 28.2 Å². The van der Waals surface area contributed by atoms with E-state index in [2.05, 4.69) is 14.7 Å². The number of hydrogen-bond acceptors (Lipinski definition) is 6. The van der Waals surface area contributed by atoms with Gasteiger partial charge in [0.05, 0.1) is 15.8 Å². The molecule has 0 saturated heterocycles. The number of halogens is 2. The van der Waals surface area contributed by atoms with Crippen molar-refractivity contribution in [2.45, 2.75) is 13.5 Å². The van der Waals surface area contributed by atoms with E-state index in [9.17, 15) is 18.9 Å². The highest BCUT2D eigenvalue weighted by atomic mass is 19.3. The molecule has 0 aliphatic rings. The average Bonchev–Trinajstić information content (AvgIpc) is 2.60. The minimum absolute atomic E-state index is 0.0384. The van der Waals surface area contributed by atoms with Crippen LogP contribution in [0.3, 0.4) is 0 Å². The van der Waals surface area contributed by atoms with Crippen LogP contribution in [-0.4, -0.2) is 28.6 Å². The predicted molar refractivity (Wildman–Crippen MR) is 92.1 cm³/mol. The summed E-state index contributed by atoms with van der Waals surface area (Å²) in [7, 11) is 1.73. The summed E-state index contributed by atoms with van der Waals surface area (Å²) in [6.45, 7) is -1.18. The van der Waals surface area contributed by atoms with Gasteiger partial charge in [0, 0.05) is 24.9 Å². The summed E-state index contributed by atoms with van der Waals surface area (Å²) in [5.74, 6) is 1.01. The molecule has 0 radical (unpaired) electrons. The average molecular weight is 360 g/mol. The van der Waals surface area contributed by atoms with Gasteiger partial charge < -0.3 is 9.64 Å². The first-order valence-corrected chi connectivity index (χ1v) is 7.56. The van der Waals surface area contributed by atoms with E-state index in [1.807, 2.05) is 0 Å². The number of ether oxygens (including phenoxy) is 1. The number of nitrogens with zero attached hydrogens (tertiary/aromatic N) is 4. The van der Waals surface area contributed by atoms with Crippen molar-refractivity contribution in [2.24, 2.45) is 0 Å². The van der Waals surface area contributed by atoms with E-state index >= 15 is 0 Å². The Morgan fingerprint density at radius 1 is 1.15 bits per heavy atom. The Morgan fingerprint density at radius 2 is 1.85 bits per heavy atom. The fourth-order valence-corrected chi connectivity index (χ4v) is 2.56. The number of fused-ring (bicyclic) bond motifs is 1. The lowest BCUT2D eigenvalue weighted by Crippen LogP contribution is -2.13. The number of anilines is 2. The molecule has 0 aliphatic heterocycles. The summed E-state index contributed by atoms with van der Waals surface area (Å²) in [5, 5.41) is 11.6. The Bertz CT molecular complexity index is 964. The fraction of sp³-hybridized carbons (Fsp3) is 0.176. The summed E-state index contributed by atoms with van der Waals surface area (Å²) in [4.78, 5) is 21.0. The van der Waals surface area contributed by atoms with Crippen LogP contribution in [0.15, 0.2) is 42.5 Å². The molecule has 3 rings (SSSR count). The number of rotatable bonds is 5. The van der Waals surface area contributed by atoms with Crippen LogP contribution in [0.4, 0.5) is 26.0 Å². The molecule has 1 heterocycles. The van der Waals surface area contributed by atoms with E-state index in [4.69, 9.17) is 0 Å². The summed E-state index contributed by atoms with van der Waals surface area (Å²) < 4.78 is 28.9. The summed E-state index contributed by atoms with van der Waals surface area (Å²) in [6.07, 6.45) is 0. The molecule has 0 saturated carbocycles. The number of alkyl halides is 2. The molecule has 0 aliphatic carbocycles. The smallest absolute Gasteiger partial charge is 0.387 e. The van der Waals surface area contributed by atoms with Gasteiger partial charge in [-0.05, 0) is 37.3 Å². The van der Waals surface area contributed by atoms with Crippen molar-refractivity contribution in [3.63, 3.8) is 0 Å². The van der Waals surface area contributed by atoms with Crippen LogP contribution in [0.5, 0.6) is 5.75 Å². The molecule has 7 nitrogen and oxygen atoms in total. The number of nitro groups is 1. The fourth-order valence-electron chi connectivity index (χ4n) is 2.56. The van der Waals surface area contributed by atoms with E-state index in [-0.39, 0.29) is 11.4 Å². The third-order valence-corrected chi connectivity index (χ3v) is 3.75. The van der Waals surface area contributed by atoms with Crippen LogP contribution in [0, 0.1) is 17.0 Å². The highest BCUT2D eigenvalue weighted by molar-refractivity contribution is 5.93. The van der Waals surface area contributed by atoms with Crippen LogP contribution in [0.1, 0.15) is 5.82 Å². The predicted octanol–water partition coefficient (Wildman–Crippen LogP) is 4.22. The first-order chi connectivity index (χ1) is 12.3. The zero-order chi connectivity index (χ0) is 18.8. The maximum Gasteiger partial charge on any atom is 0.387 e. The van der Waals surface area contributed by atoms with Crippen molar-refractivity contribution in [1.29, 1.82) is 0 Å². The SMILES string of the molecule is Cc1nc(N(C)c2ccc(OC(F)F)cc2)c2cc([N+](=O)[O-])ccc2n1. The van der Waals surface area contributed by atoms with Gasteiger partial charge >= 0.3 is 6.61 Å². The molecular formula is C17H14F2N4O3. The molecule has 0 unspecified atom stereocenters. The highest BCUT2D eigenvalue weighted by Crippen LogP contribution is 2.32. The van der Waals surface area contributed by atoms with Gasteiger partial charge in [0.15, 0.2) is 0 Å². The molecule has 26 heavy (non-hydrogen) atoms. The van der Waals surface area contributed by atoms with Crippen molar-refractivity contribution >= 4 is 28.1 Å². The molecule has 0 atom stereocenters. The molecule has 0 fully saturated rings. The monoisotopic (exact) mass is 360 g/mol. The Balaban J connectivity index is 2.05. The lowest BCUT2D eigenvalue weighted by atomic mass is 10.2. The van der Waals surface area contributed by atoms with Crippen LogP contribution >= 0.6 is 0 Å². The van der Waals surface area contributed by atoms with E-state index in [0.717, 1.165) is 0 Å². The molecule has 2 aromatic carbocycles. The summed E-state index contributed by atoms with van der Waals surface area (Å²) in [6, 6.07) is 10.4. The van der Waals surface area contributed by atoms with Crippen LogP contribution in [-0.2, 0) is 0 Å². The van der Waals surface area contributed by atoms with Gasteiger partial charge in [0.1, 0.15) is 17.4 Å². The maximum atomic E-state index is 12.3. The molecular weight excluding hydrogens is 346 g/mol. The van der Waals surface area contributed by atoms with Crippen molar-refractivity contribution < 1.29 is 18.4 Å². The molecule has 0 amide bonds. The zero-order valence-corrected chi connectivity index (χ0v) is 13.9. The first kappa shape index (κ1) is 17.5. The Hall–Kier alpha value is -3.36. The van der Waals surface area contributed by atoms with Gasteiger partial charge in [-0.15, -0.1) is 0 Å². The summed E-state index contributed by atoms with van der Waals surface area (Å²) in [5.41, 5.74) is 1.15. The van der Waals surface area contributed by atoms with Gasteiger partial charge in [-0.3, -0.25) is 10.1 Å². The number of nitro benzene ring substituents is 1. The molecule has 1 aromatic heterocycles. The topological polar surface area (TPSA) is 81.4 Å². The van der Waals surface area contributed by atoms with Gasteiger partial charge in [-0.1, -0.05) is 0 Å². The zero-order valence-electron chi connectivity index (χ0n) is 13.9. The van der Waals surface area contributed by atoms with Crippen LogP contribution in [0.2, 0.25) is 0 Å². The standard InChI is InChI=1S/C17H14F2N4O3/c1-10-20-15-8-5-12(23(24)25)9-14(15)16(21-10)22(2)11-3-6-13(7-4-11)26-17(18)19/h3-9,17H,1-2H3. The molecule has 134 valence electrons. The minimum atomic E-state index is -2.90. The minimum Gasteiger partial charge on any atom is -0.435 e.